The van der Waals surface area contributed by atoms with Crippen LogP contribution >= 0.6 is 0 Å². The number of rotatable bonds is 3. The lowest BCUT2D eigenvalue weighted by Gasteiger charge is -2.32. The molecule has 3 nitrogen and oxygen atoms in total. The van der Waals surface area contributed by atoms with Crippen LogP contribution < -0.4 is 9.64 Å². The summed E-state index contributed by atoms with van der Waals surface area (Å²) in [5.74, 6) is 1.76. The number of anilines is 3. The molecular weight excluding hydrogens is 633 g/mol. The number of aromatic nitrogens is 1. The van der Waals surface area contributed by atoms with Gasteiger partial charge in [-0.1, -0.05) is 121 Å². The summed E-state index contributed by atoms with van der Waals surface area (Å²) in [7, 11) is 0. The minimum atomic E-state index is -0.409. The molecule has 12 rings (SSSR count). The molecule has 52 heavy (non-hydrogen) atoms. The molecule has 242 valence electrons. The lowest BCUT2D eigenvalue weighted by atomic mass is 9.70. The fourth-order valence-corrected chi connectivity index (χ4v) is 9.59. The SMILES string of the molecule is c1ccc(N(c2ccc3c(c2)C2(c4ccccc4-c4ccccc42)c2ccccc2-3)c2ccc3c(c2)c2cccc4c2n3-c2ccccc2O4)cc1. The molecule has 0 amide bonds. The summed E-state index contributed by atoms with van der Waals surface area (Å²) in [6.07, 6.45) is 0. The Balaban J connectivity index is 1.12. The van der Waals surface area contributed by atoms with Crippen LogP contribution in [0.5, 0.6) is 11.5 Å². The highest BCUT2D eigenvalue weighted by Crippen LogP contribution is 2.63. The minimum Gasteiger partial charge on any atom is -0.453 e. The van der Waals surface area contributed by atoms with Crippen LogP contribution in [0.4, 0.5) is 17.1 Å². The molecule has 0 fully saturated rings. The lowest BCUT2D eigenvalue weighted by Crippen LogP contribution is -2.26. The van der Waals surface area contributed by atoms with E-state index in [0.717, 1.165) is 45.3 Å². The molecule has 8 aromatic carbocycles. The standard InChI is InChI=1S/C49H30N2O/c1-2-13-31(14-3-1)50(32-26-28-44-39(29-32)38-18-12-24-47-48(38)51(44)45-22-10-11-23-46(45)52-47)33-25-27-37-36-17-6-9-21-42(36)49(43(37)30-33)40-19-7-4-15-34(40)35-16-5-8-20-41(35)49/h1-30H. The van der Waals surface area contributed by atoms with E-state index in [9.17, 15) is 0 Å². The van der Waals surface area contributed by atoms with Gasteiger partial charge < -0.3 is 14.2 Å². The summed E-state index contributed by atoms with van der Waals surface area (Å²) in [6.45, 7) is 0. The van der Waals surface area contributed by atoms with Crippen LogP contribution in [0.1, 0.15) is 22.3 Å². The van der Waals surface area contributed by atoms with Crippen LogP contribution in [0.15, 0.2) is 182 Å². The van der Waals surface area contributed by atoms with Crippen molar-refractivity contribution in [3.63, 3.8) is 0 Å². The number of hydrogen-bond acceptors (Lipinski definition) is 2. The first kappa shape index (κ1) is 27.9. The van der Waals surface area contributed by atoms with Crippen molar-refractivity contribution in [1.29, 1.82) is 0 Å². The molecule has 2 aliphatic carbocycles. The predicted molar refractivity (Wildman–Crippen MR) is 212 cm³/mol. The highest BCUT2D eigenvalue weighted by molar-refractivity contribution is 6.13. The van der Waals surface area contributed by atoms with Crippen LogP contribution in [0.2, 0.25) is 0 Å². The molecule has 9 aromatic rings. The van der Waals surface area contributed by atoms with Crippen LogP contribution in [0, 0.1) is 0 Å². The monoisotopic (exact) mass is 662 g/mol. The molecule has 3 heteroatoms. The minimum absolute atomic E-state index is 0.409. The Kier molecular flexibility index (Phi) is 5.43. The number of ether oxygens (including phenoxy) is 1. The fraction of sp³-hybridized carbons (Fsp3) is 0.0204. The van der Waals surface area contributed by atoms with E-state index in [-0.39, 0.29) is 0 Å². The van der Waals surface area contributed by atoms with Gasteiger partial charge in [0.25, 0.3) is 0 Å². The van der Waals surface area contributed by atoms with E-state index < -0.39 is 5.41 Å². The smallest absolute Gasteiger partial charge is 0.152 e. The third kappa shape index (κ3) is 3.45. The summed E-state index contributed by atoms with van der Waals surface area (Å²) in [6, 6.07) is 66.5. The topological polar surface area (TPSA) is 17.4 Å². The van der Waals surface area contributed by atoms with Gasteiger partial charge in [0.05, 0.1) is 22.1 Å². The highest BCUT2D eigenvalue weighted by atomic mass is 16.5. The first-order chi connectivity index (χ1) is 25.8. The van der Waals surface area contributed by atoms with Crippen LogP contribution in [-0.2, 0) is 5.41 Å². The van der Waals surface area contributed by atoms with Crippen molar-refractivity contribution in [2.45, 2.75) is 5.41 Å². The maximum atomic E-state index is 6.43. The number of para-hydroxylation sites is 4. The van der Waals surface area contributed by atoms with Crippen molar-refractivity contribution < 1.29 is 4.74 Å². The van der Waals surface area contributed by atoms with Gasteiger partial charge in [-0.2, -0.15) is 0 Å². The second-order valence-corrected chi connectivity index (χ2v) is 14.0. The summed E-state index contributed by atoms with van der Waals surface area (Å²) in [5.41, 5.74) is 16.9. The van der Waals surface area contributed by atoms with Crippen LogP contribution in [-0.4, -0.2) is 4.57 Å². The molecule has 0 saturated carbocycles. The van der Waals surface area contributed by atoms with Gasteiger partial charge in [-0.3, -0.25) is 0 Å². The first-order valence-corrected chi connectivity index (χ1v) is 17.9. The van der Waals surface area contributed by atoms with Crippen molar-refractivity contribution in [3.8, 4) is 39.4 Å². The third-order valence-corrected chi connectivity index (χ3v) is 11.6. The molecule has 2 heterocycles. The average Bonchev–Trinajstić information content (AvgIpc) is 3.81. The number of hydrogen-bond donors (Lipinski definition) is 0. The van der Waals surface area contributed by atoms with E-state index in [4.69, 9.17) is 4.74 Å². The third-order valence-electron chi connectivity index (χ3n) is 11.6. The molecule has 0 saturated heterocycles. The van der Waals surface area contributed by atoms with Gasteiger partial charge in [0, 0.05) is 27.8 Å². The van der Waals surface area contributed by atoms with Crippen molar-refractivity contribution in [2.75, 3.05) is 4.90 Å². The van der Waals surface area contributed by atoms with Gasteiger partial charge in [0.2, 0.25) is 0 Å². The van der Waals surface area contributed by atoms with Crippen LogP contribution in [0.3, 0.4) is 0 Å². The van der Waals surface area contributed by atoms with E-state index in [1.807, 2.05) is 6.07 Å². The first-order valence-electron chi connectivity index (χ1n) is 17.9. The predicted octanol–water partition coefficient (Wildman–Crippen LogP) is 12.7. The Morgan fingerprint density at radius 1 is 0.404 bits per heavy atom. The molecular formula is C49H30N2O. The number of benzene rings is 8. The Labute approximate surface area is 301 Å². The maximum absolute atomic E-state index is 6.43. The van der Waals surface area contributed by atoms with Gasteiger partial charge in [-0.05, 0) is 105 Å². The Morgan fingerprint density at radius 3 is 1.71 bits per heavy atom. The molecule has 1 spiro atoms. The highest BCUT2D eigenvalue weighted by Gasteiger charge is 2.51. The number of fused-ring (bicyclic) bond motifs is 15. The van der Waals surface area contributed by atoms with E-state index >= 15 is 0 Å². The second kappa shape index (κ2) is 10.1. The molecule has 0 N–H and O–H groups in total. The normalized spacial score (nSPS) is 13.7. The molecule has 3 aliphatic rings. The number of nitrogens with zero attached hydrogens (tertiary/aromatic N) is 2. The molecule has 0 radical (unpaired) electrons. The molecule has 0 atom stereocenters. The summed E-state index contributed by atoms with van der Waals surface area (Å²) in [5, 5.41) is 2.37. The van der Waals surface area contributed by atoms with Crippen molar-refractivity contribution in [1.82, 2.24) is 4.57 Å². The van der Waals surface area contributed by atoms with Crippen molar-refractivity contribution >= 4 is 38.9 Å². The van der Waals surface area contributed by atoms with Crippen LogP contribution in [0.25, 0.3) is 49.7 Å². The van der Waals surface area contributed by atoms with Gasteiger partial charge in [-0.25, -0.2) is 0 Å². The van der Waals surface area contributed by atoms with Crippen molar-refractivity contribution in [3.05, 3.63) is 204 Å². The zero-order valence-corrected chi connectivity index (χ0v) is 28.1. The summed E-state index contributed by atoms with van der Waals surface area (Å²) in [4.78, 5) is 2.42. The van der Waals surface area contributed by atoms with Crippen molar-refractivity contribution in [2.24, 2.45) is 0 Å². The molecule has 1 aliphatic heterocycles. The van der Waals surface area contributed by atoms with E-state index in [0.29, 0.717) is 0 Å². The zero-order chi connectivity index (χ0) is 34.0. The Morgan fingerprint density at radius 2 is 0.981 bits per heavy atom. The van der Waals surface area contributed by atoms with Gasteiger partial charge in [-0.15, -0.1) is 0 Å². The van der Waals surface area contributed by atoms with E-state index in [2.05, 4.69) is 185 Å². The largest absolute Gasteiger partial charge is 0.453 e. The maximum Gasteiger partial charge on any atom is 0.152 e. The Hall–Kier alpha value is -6.84. The zero-order valence-electron chi connectivity index (χ0n) is 28.1. The summed E-state index contributed by atoms with van der Waals surface area (Å²) >= 11 is 0. The van der Waals surface area contributed by atoms with Gasteiger partial charge in [0.1, 0.15) is 0 Å². The molecule has 0 bridgehead atoms. The van der Waals surface area contributed by atoms with Gasteiger partial charge in [0.15, 0.2) is 11.5 Å². The lowest BCUT2D eigenvalue weighted by molar-refractivity contribution is 0.476. The average molecular weight is 663 g/mol. The van der Waals surface area contributed by atoms with E-state index in [1.165, 1.54) is 55.3 Å². The Bertz CT molecular complexity index is 2890. The van der Waals surface area contributed by atoms with E-state index in [1.54, 1.807) is 0 Å². The quantitative estimate of drug-likeness (QED) is 0.187. The van der Waals surface area contributed by atoms with Gasteiger partial charge >= 0.3 is 0 Å². The summed E-state index contributed by atoms with van der Waals surface area (Å²) < 4.78 is 8.79. The molecule has 1 aromatic heterocycles. The fourth-order valence-electron chi connectivity index (χ4n) is 9.59. The molecule has 0 unspecified atom stereocenters. The second-order valence-electron chi connectivity index (χ2n) is 14.0.